The number of thiocarbonyl (C=S) groups is 1. The van der Waals surface area contributed by atoms with Crippen LogP contribution in [0.4, 0.5) is 0 Å². The van der Waals surface area contributed by atoms with E-state index in [0.717, 1.165) is 17.8 Å². The summed E-state index contributed by atoms with van der Waals surface area (Å²) in [6, 6.07) is 0.439. The molecule has 5 fully saturated rings. The first-order valence-electron chi connectivity index (χ1n) is 10.4. The number of hydrogen-bond donors (Lipinski definition) is 3. The molecule has 4 bridgehead atoms. The fourth-order valence-electron chi connectivity index (χ4n) is 6.75. The number of hydrogen-bond acceptors (Lipinski definition) is 2. The van der Waals surface area contributed by atoms with E-state index in [1.54, 1.807) is 0 Å². The van der Waals surface area contributed by atoms with Crippen LogP contribution in [0.2, 0.25) is 0 Å². The Morgan fingerprint density at radius 3 is 2.20 bits per heavy atom. The second-order valence-corrected chi connectivity index (χ2v) is 10.0. The number of rotatable bonds is 3. The molecule has 0 heterocycles. The van der Waals surface area contributed by atoms with Crippen LogP contribution in [-0.2, 0) is 4.79 Å². The summed E-state index contributed by atoms with van der Waals surface area (Å²) in [5, 5.41) is 3.96. The Morgan fingerprint density at radius 2 is 1.60 bits per heavy atom. The molecule has 0 radical (unpaired) electrons. The molecule has 0 aromatic rings. The minimum atomic E-state index is 0.114. The van der Waals surface area contributed by atoms with Crippen LogP contribution in [0.5, 0.6) is 0 Å². The quantitative estimate of drug-likeness (QED) is 0.529. The highest BCUT2D eigenvalue weighted by atomic mass is 32.1. The second-order valence-electron chi connectivity index (χ2n) is 9.61. The summed E-state index contributed by atoms with van der Waals surface area (Å²) >= 11 is 5.39. The van der Waals surface area contributed by atoms with Gasteiger partial charge in [0.2, 0.25) is 5.91 Å². The Morgan fingerprint density at radius 1 is 1.00 bits per heavy atom. The summed E-state index contributed by atoms with van der Waals surface area (Å²) in [6.45, 7) is 2.28. The van der Waals surface area contributed by atoms with Gasteiger partial charge in [0, 0.05) is 12.5 Å². The van der Waals surface area contributed by atoms with Crippen molar-refractivity contribution in [1.82, 2.24) is 16.2 Å². The minimum absolute atomic E-state index is 0.114. The first-order chi connectivity index (χ1) is 12.0. The summed E-state index contributed by atoms with van der Waals surface area (Å²) in [5.74, 6) is 3.44. The molecule has 140 valence electrons. The molecule has 0 unspecified atom stereocenters. The normalized spacial score (nSPS) is 42.0. The standard InChI is InChI=1S/C20H33N3OS/c1-13-4-2-3-5-17(13)21-19(25)23-22-18(24)12-20-9-14-6-15(10-20)8-16(7-14)11-20/h13-17H,2-12H2,1H3,(H,22,24)(H2,21,23,25)/t13-,14?,15?,16?,17-,20?/m0/s1. The fourth-order valence-corrected chi connectivity index (χ4v) is 6.96. The molecule has 5 aliphatic rings. The zero-order valence-corrected chi connectivity index (χ0v) is 16.3. The Hall–Kier alpha value is -0.840. The van der Waals surface area contributed by atoms with Gasteiger partial charge < -0.3 is 5.32 Å². The van der Waals surface area contributed by atoms with Crippen molar-refractivity contribution in [2.24, 2.45) is 29.1 Å². The highest BCUT2D eigenvalue weighted by Gasteiger charge is 2.51. The molecule has 3 N–H and O–H groups in total. The lowest BCUT2D eigenvalue weighted by Gasteiger charge is -2.56. The Bertz CT molecular complexity index is 500. The molecule has 0 aromatic heterocycles. The van der Waals surface area contributed by atoms with Crippen LogP contribution in [0.3, 0.4) is 0 Å². The lowest BCUT2D eigenvalue weighted by Crippen LogP contribution is -2.53. The number of hydrazine groups is 1. The van der Waals surface area contributed by atoms with Gasteiger partial charge in [-0.25, -0.2) is 0 Å². The Labute approximate surface area is 157 Å². The Balaban J connectivity index is 1.23. The molecule has 25 heavy (non-hydrogen) atoms. The van der Waals surface area contributed by atoms with E-state index in [4.69, 9.17) is 12.2 Å². The summed E-state index contributed by atoms with van der Waals surface area (Å²) < 4.78 is 0. The lowest BCUT2D eigenvalue weighted by molar-refractivity contribution is -0.130. The molecule has 5 rings (SSSR count). The van der Waals surface area contributed by atoms with Crippen LogP contribution < -0.4 is 16.2 Å². The van der Waals surface area contributed by atoms with Gasteiger partial charge in [-0.15, -0.1) is 0 Å². The first-order valence-corrected chi connectivity index (χ1v) is 10.8. The van der Waals surface area contributed by atoms with Gasteiger partial charge in [-0.3, -0.25) is 15.6 Å². The average Bonchev–Trinajstić information content (AvgIpc) is 2.53. The van der Waals surface area contributed by atoms with Crippen LogP contribution in [0.15, 0.2) is 0 Å². The molecule has 4 nitrogen and oxygen atoms in total. The van der Waals surface area contributed by atoms with Crippen molar-refractivity contribution < 1.29 is 4.79 Å². The fraction of sp³-hybridized carbons (Fsp3) is 0.900. The molecule has 0 spiro atoms. The van der Waals surface area contributed by atoms with Crippen LogP contribution in [0.25, 0.3) is 0 Å². The van der Waals surface area contributed by atoms with E-state index in [1.807, 2.05) is 0 Å². The third-order valence-electron chi connectivity index (χ3n) is 7.44. The molecule has 5 heteroatoms. The van der Waals surface area contributed by atoms with Crippen molar-refractivity contribution in [2.75, 3.05) is 0 Å². The summed E-state index contributed by atoms with van der Waals surface area (Å²) in [7, 11) is 0. The van der Waals surface area contributed by atoms with Crippen LogP contribution >= 0.6 is 12.2 Å². The number of carbonyl (C=O) groups is 1. The third-order valence-corrected chi connectivity index (χ3v) is 7.66. The zero-order valence-electron chi connectivity index (χ0n) is 15.5. The van der Waals surface area contributed by atoms with Crippen molar-refractivity contribution in [1.29, 1.82) is 0 Å². The molecular weight excluding hydrogens is 330 g/mol. The molecule has 2 atom stereocenters. The highest BCUT2D eigenvalue weighted by Crippen LogP contribution is 2.61. The van der Waals surface area contributed by atoms with Gasteiger partial charge in [0.15, 0.2) is 5.11 Å². The summed E-state index contributed by atoms with van der Waals surface area (Å²) in [6.07, 6.45) is 13.8. The summed E-state index contributed by atoms with van der Waals surface area (Å²) in [5.41, 5.74) is 6.11. The number of carbonyl (C=O) groups excluding carboxylic acids is 1. The molecule has 1 amide bonds. The van der Waals surface area contributed by atoms with Crippen LogP contribution in [0, 0.1) is 29.1 Å². The second kappa shape index (κ2) is 7.05. The van der Waals surface area contributed by atoms with E-state index in [0.29, 0.717) is 23.5 Å². The molecule has 0 aliphatic heterocycles. The third kappa shape index (κ3) is 3.96. The van der Waals surface area contributed by atoms with E-state index in [-0.39, 0.29) is 11.3 Å². The maximum absolute atomic E-state index is 12.5. The highest BCUT2D eigenvalue weighted by molar-refractivity contribution is 7.80. The SMILES string of the molecule is C[C@H]1CCCC[C@@H]1NC(=S)NNC(=O)CC12CC3CC(CC(C3)C1)C2. The molecular formula is C20H33N3OS. The average molecular weight is 364 g/mol. The molecule has 0 saturated heterocycles. The largest absolute Gasteiger partial charge is 0.358 e. The maximum Gasteiger partial charge on any atom is 0.238 e. The topological polar surface area (TPSA) is 53.2 Å². The van der Waals surface area contributed by atoms with E-state index in [9.17, 15) is 4.79 Å². The van der Waals surface area contributed by atoms with Crippen molar-refractivity contribution in [2.45, 2.75) is 83.6 Å². The zero-order chi connectivity index (χ0) is 17.4. The maximum atomic E-state index is 12.5. The van der Waals surface area contributed by atoms with Crippen molar-refractivity contribution in [3.63, 3.8) is 0 Å². The molecule has 5 aliphatic carbocycles. The van der Waals surface area contributed by atoms with Gasteiger partial charge in [0.25, 0.3) is 0 Å². The molecule has 0 aromatic carbocycles. The predicted octanol–water partition coefficient (Wildman–Crippen LogP) is 3.67. The van der Waals surface area contributed by atoms with E-state index in [2.05, 4.69) is 23.1 Å². The molecule has 5 saturated carbocycles. The smallest absolute Gasteiger partial charge is 0.238 e. The lowest BCUT2D eigenvalue weighted by atomic mass is 9.49. The number of nitrogens with one attached hydrogen (secondary N) is 3. The van der Waals surface area contributed by atoms with E-state index < -0.39 is 0 Å². The van der Waals surface area contributed by atoms with Gasteiger partial charge in [0.1, 0.15) is 0 Å². The first kappa shape index (κ1) is 17.6. The predicted molar refractivity (Wildman–Crippen MR) is 104 cm³/mol. The van der Waals surface area contributed by atoms with Crippen molar-refractivity contribution in [3.05, 3.63) is 0 Å². The van der Waals surface area contributed by atoms with Gasteiger partial charge in [0.05, 0.1) is 0 Å². The number of amides is 1. The Kier molecular flexibility index (Phi) is 4.96. The van der Waals surface area contributed by atoms with Crippen LogP contribution in [0.1, 0.15) is 77.6 Å². The van der Waals surface area contributed by atoms with Gasteiger partial charge in [-0.1, -0.05) is 19.8 Å². The van der Waals surface area contributed by atoms with Crippen LogP contribution in [-0.4, -0.2) is 17.1 Å². The van der Waals surface area contributed by atoms with E-state index in [1.165, 1.54) is 64.2 Å². The van der Waals surface area contributed by atoms with Crippen molar-refractivity contribution in [3.8, 4) is 0 Å². The van der Waals surface area contributed by atoms with E-state index >= 15 is 0 Å². The minimum Gasteiger partial charge on any atom is -0.358 e. The summed E-state index contributed by atoms with van der Waals surface area (Å²) in [4.78, 5) is 12.5. The van der Waals surface area contributed by atoms with Gasteiger partial charge in [-0.05, 0) is 92.7 Å². The monoisotopic (exact) mass is 363 g/mol. The van der Waals surface area contributed by atoms with Crippen molar-refractivity contribution >= 4 is 23.2 Å². The van der Waals surface area contributed by atoms with Gasteiger partial charge >= 0.3 is 0 Å². The van der Waals surface area contributed by atoms with Gasteiger partial charge in [-0.2, -0.15) is 0 Å².